The van der Waals surface area contributed by atoms with Crippen molar-refractivity contribution in [2.24, 2.45) is 0 Å². The fourth-order valence-corrected chi connectivity index (χ4v) is 2.07. The van der Waals surface area contributed by atoms with E-state index < -0.39 is 0 Å². The lowest BCUT2D eigenvalue weighted by Crippen LogP contribution is -2.06. The predicted molar refractivity (Wildman–Crippen MR) is 80.5 cm³/mol. The number of anilines is 1. The van der Waals surface area contributed by atoms with Crippen LogP contribution in [0.15, 0.2) is 18.3 Å². The monoisotopic (exact) mass is 283 g/mol. The van der Waals surface area contributed by atoms with Crippen LogP contribution in [0.5, 0.6) is 0 Å². The molecule has 0 aliphatic carbocycles. The maximum atomic E-state index is 4.48. The highest BCUT2D eigenvalue weighted by Crippen LogP contribution is 2.21. The number of nitrogens with zero attached hydrogens (tertiary/aromatic N) is 6. The summed E-state index contributed by atoms with van der Waals surface area (Å²) in [6.07, 6.45) is 2.79. The van der Waals surface area contributed by atoms with Gasteiger partial charge in [-0.05, 0) is 32.4 Å². The minimum absolute atomic E-state index is 0.648. The van der Waals surface area contributed by atoms with Gasteiger partial charge in [0.25, 0.3) is 0 Å². The second-order valence-electron chi connectivity index (χ2n) is 4.87. The third kappa shape index (κ3) is 2.54. The number of aromatic nitrogens is 6. The van der Waals surface area contributed by atoms with Crippen molar-refractivity contribution in [1.82, 2.24) is 29.9 Å². The fraction of sp³-hybridized carbons (Fsp3) is 0.357. The van der Waals surface area contributed by atoms with Crippen molar-refractivity contribution in [3.8, 4) is 5.82 Å². The van der Waals surface area contributed by atoms with Crippen LogP contribution in [0.3, 0.4) is 0 Å². The van der Waals surface area contributed by atoms with Gasteiger partial charge in [-0.15, -0.1) is 5.10 Å². The Balaban J connectivity index is 2.13. The van der Waals surface area contributed by atoms with Gasteiger partial charge < -0.3 is 5.32 Å². The zero-order chi connectivity index (χ0) is 14.8. The molecule has 21 heavy (non-hydrogen) atoms. The molecule has 7 heteroatoms. The first-order chi connectivity index (χ1) is 10.2. The van der Waals surface area contributed by atoms with Gasteiger partial charge in [0.05, 0.1) is 17.3 Å². The van der Waals surface area contributed by atoms with Gasteiger partial charge in [-0.25, -0.2) is 9.97 Å². The minimum atomic E-state index is 0.648. The standard InChI is InChI=1S/C14H17N7/c1-4-7-15-13-11-8-16-21(14(11)18-10(3)17-13)12-6-5-9(2)19-20-12/h5-6,8H,4,7H2,1-3H3,(H,15,17,18). The number of hydrogen-bond acceptors (Lipinski definition) is 6. The predicted octanol–water partition coefficient (Wildman–Crippen LogP) is 2.04. The molecule has 3 aromatic rings. The van der Waals surface area contributed by atoms with Gasteiger partial charge in [-0.1, -0.05) is 6.92 Å². The Labute approximate surface area is 122 Å². The maximum absolute atomic E-state index is 4.48. The number of rotatable bonds is 4. The van der Waals surface area contributed by atoms with Crippen molar-refractivity contribution >= 4 is 16.9 Å². The Morgan fingerprint density at radius 2 is 2.00 bits per heavy atom. The Morgan fingerprint density at radius 3 is 2.71 bits per heavy atom. The Morgan fingerprint density at radius 1 is 1.14 bits per heavy atom. The molecule has 0 aliphatic heterocycles. The summed E-state index contributed by atoms with van der Waals surface area (Å²) in [4.78, 5) is 8.93. The lowest BCUT2D eigenvalue weighted by Gasteiger charge is -2.07. The average Bonchev–Trinajstić information content (AvgIpc) is 2.89. The molecule has 0 saturated carbocycles. The SMILES string of the molecule is CCCNc1nc(C)nc2c1cnn2-c1ccc(C)nn1. The molecule has 0 spiro atoms. The summed E-state index contributed by atoms with van der Waals surface area (Å²) in [7, 11) is 0. The van der Waals surface area contributed by atoms with Crippen molar-refractivity contribution in [3.05, 3.63) is 29.8 Å². The molecule has 0 saturated heterocycles. The van der Waals surface area contributed by atoms with Crippen LogP contribution in [-0.2, 0) is 0 Å². The molecule has 3 aromatic heterocycles. The zero-order valence-corrected chi connectivity index (χ0v) is 12.3. The molecule has 108 valence electrons. The average molecular weight is 283 g/mol. The van der Waals surface area contributed by atoms with E-state index in [0.29, 0.717) is 11.6 Å². The molecule has 0 aliphatic rings. The third-order valence-corrected chi connectivity index (χ3v) is 3.08. The van der Waals surface area contributed by atoms with Crippen LogP contribution in [0.25, 0.3) is 16.9 Å². The highest BCUT2D eigenvalue weighted by atomic mass is 15.4. The van der Waals surface area contributed by atoms with Crippen LogP contribution >= 0.6 is 0 Å². The van der Waals surface area contributed by atoms with Gasteiger partial charge in [0.2, 0.25) is 0 Å². The molecule has 0 aromatic carbocycles. The highest BCUT2D eigenvalue weighted by molar-refractivity contribution is 5.87. The van der Waals surface area contributed by atoms with Crippen LogP contribution < -0.4 is 5.32 Å². The molecule has 0 bridgehead atoms. The molecule has 1 N–H and O–H groups in total. The summed E-state index contributed by atoms with van der Waals surface area (Å²) in [5.74, 6) is 2.16. The first-order valence-electron chi connectivity index (χ1n) is 6.96. The van der Waals surface area contributed by atoms with Gasteiger partial charge in [0.1, 0.15) is 11.6 Å². The summed E-state index contributed by atoms with van der Waals surface area (Å²) < 4.78 is 1.69. The molecule has 3 rings (SSSR count). The van der Waals surface area contributed by atoms with Gasteiger partial charge in [-0.2, -0.15) is 14.9 Å². The van der Waals surface area contributed by atoms with E-state index in [1.54, 1.807) is 10.9 Å². The Hall–Kier alpha value is -2.57. The number of nitrogens with one attached hydrogen (secondary N) is 1. The zero-order valence-electron chi connectivity index (χ0n) is 12.3. The summed E-state index contributed by atoms with van der Waals surface area (Å²) in [5, 5.41) is 16.8. The van der Waals surface area contributed by atoms with Crippen LogP contribution in [0, 0.1) is 13.8 Å². The molecular weight excluding hydrogens is 266 g/mol. The van der Waals surface area contributed by atoms with Crippen LogP contribution in [-0.4, -0.2) is 36.5 Å². The summed E-state index contributed by atoms with van der Waals surface area (Å²) >= 11 is 0. The third-order valence-electron chi connectivity index (χ3n) is 3.08. The van der Waals surface area contributed by atoms with Gasteiger partial charge in [0, 0.05) is 6.54 Å². The smallest absolute Gasteiger partial charge is 0.178 e. The van der Waals surface area contributed by atoms with Gasteiger partial charge in [-0.3, -0.25) is 0 Å². The fourth-order valence-electron chi connectivity index (χ4n) is 2.07. The van der Waals surface area contributed by atoms with Crippen LogP contribution in [0.4, 0.5) is 5.82 Å². The molecule has 0 amide bonds. The first kappa shape index (κ1) is 13.4. The number of aryl methyl sites for hydroxylation is 2. The molecule has 0 atom stereocenters. The molecule has 3 heterocycles. The van der Waals surface area contributed by atoms with Crippen molar-refractivity contribution in [2.45, 2.75) is 27.2 Å². The first-order valence-corrected chi connectivity index (χ1v) is 6.96. The summed E-state index contributed by atoms with van der Waals surface area (Å²) in [6.45, 7) is 6.75. The molecule has 0 radical (unpaired) electrons. The molecule has 7 nitrogen and oxygen atoms in total. The van der Waals surface area contributed by atoms with Crippen LogP contribution in [0.1, 0.15) is 24.9 Å². The van der Waals surface area contributed by atoms with E-state index in [9.17, 15) is 0 Å². The van der Waals surface area contributed by atoms with E-state index in [-0.39, 0.29) is 0 Å². The normalized spacial score (nSPS) is 11.0. The molecule has 0 unspecified atom stereocenters. The molecular formula is C14H17N7. The van der Waals surface area contributed by atoms with Gasteiger partial charge in [0.15, 0.2) is 11.5 Å². The van der Waals surface area contributed by atoms with Crippen molar-refractivity contribution in [3.63, 3.8) is 0 Å². The summed E-state index contributed by atoms with van der Waals surface area (Å²) in [6, 6.07) is 3.78. The van der Waals surface area contributed by atoms with E-state index in [2.05, 4.69) is 37.5 Å². The van der Waals surface area contributed by atoms with Crippen molar-refractivity contribution in [1.29, 1.82) is 0 Å². The Kier molecular flexibility index (Phi) is 3.47. The lowest BCUT2D eigenvalue weighted by molar-refractivity contribution is 0.816. The number of fused-ring (bicyclic) bond motifs is 1. The Bertz CT molecular complexity index is 761. The minimum Gasteiger partial charge on any atom is -0.369 e. The second kappa shape index (κ2) is 5.43. The maximum Gasteiger partial charge on any atom is 0.178 e. The number of hydrogen-bond donors (Lipinski definition) is 1. The van der Waals surface area contributed by atoms with E-state index in [4.69, 9.17) is 0 Å². The van der Waals surface area contributed by atoms with Crippen molar-refractivity contribution in [2.75, 3.05) is 11.9 Å². The topological polar surface area (TPSA) is 81.4 Å². The van der Waals surface area contributed by atoms with Crippen LogP contribution in [0.2, 0.25) is 0 Å². The van der Waals surface area contributed by atoms with E-state index >= 15 is 0 Å². The molecule has 0 fully saturated rings. The van der Waals surface area contributed by atoms with E-state index in [0.717, 1.165) is 35.5 Å². The summed E-state index contributed by atoms with van der Waals surface area (Å²) in [5.41, 5.74) is 1.60. The second-order valence-corrected chi connectivity index (χ2v) is 4.87. The lowest BCUT2D eigenvalue weighted by atomic mass is 10.3. The van der Waals surface area contributed by atoms with E-state index in [1.807, 2.05) is 26.0 Å². The van der Waals surface area contributed by atoms with E-state index in [1.165, 1.54) is 0 Å². The van der Waals surface area contributed by atoms with Crippen molar-refractivity contribution < 1.29 is 0 Å². The highest BCUT2D eigenvalue weighted by Gasteiger charge is 2.13. The quantitative estimate of drug-likeness (QED) is 0.789. The van der Waals surface area contributed by atoms with Gasteiger partial charge >= 0.3 is 0 Å². The largest absolute Gasteiger partial charge is 0.369 e.